The smallest absolute Gasteiger partial charge is 0.457 e. The van der Waals surface area contributed by atoms with Gasteiger partial charge < -0.3 is 39.6 Å². The molecule has 4 N–H and O–H groups in total. The molecule has 0 aliphatic heterocycles. The molecule has 0 saturated carbocycles. The number of thiol groups is 1. The monoisotopic (exact) mass is 1340 g/mol. The van der Waals surface area contributed by atoms with Gasteiger partial charge in [0.2, 0.25) is 0 Å². The molecule has 6 aromatic rings. The standard InChI is InChI=1S/C24H26O4S2.C23H15NO5.C7H9NOS2.C4H11NOS.CH4.BIO.ClH/c25-13-16-29-30-17-15-27-14-5-10-24(26)28-23-18-21-8-2-1-6-19(21)11-12-20-7-3-4-9-22(20)23;25-23(28-20-13-11-19(12-14-20)24(26)27)29-22-15-18-7-2-1-5-16(18)9-10-17-6-3-4-8-21(17)22;9-5-6-10-11-7-3-1-2-4-8-7;5-1-2-6-3-4-7;;2-1-3;/h1-4,6-9,23,25H,5,10,13-18H2;1-8,11-14,22H,15H2;1-4,9H,5-6H2;7H,1-5H2;1H4;;1H/i;;;;1D;;. The molecule has 0 fully saturated rings. The number of ether oxygens (including phenoxy) is 5. The Morgan fingerprint density at radius 2 is 1.22 bits per heavy atom. The van der Waals surface area contributed by atoms with Gasteiger partial charge in [-0.05, 0) is 76.9 Å². The van der Waals surface area contributed by atoms with Crippen LogP contribution in [-0.2, 0) is 41.3 Å². The SMILES string of the molecule is Cl.NCCOCCS.O=BI.O=C(CCCOCCSSCCO)OC1Cc2ccccc2C#Cc2ccccc21.O=C(Oc1ccc([N+](=O)[O-])cc1)OC1Cc2ccccc2C#Cc2ccccc21.OCCSSc1ccccn1.[2H]C. The number of nitro benzene ring substituents is 1. The summed E-state index contributed by atoms with van der Waals surface area (Å²) in [6, 6.07) is 42.2. The molecule has 82 heavy (non-hydrogen) atoms. The maximum absolute atomic E-state index is 12.5. The molecule has 2 unspecified atom stereocenters. The number of hydrogen-bond acceptors (Lipinski definition) is 19. The summed E-state index contributed by atoms with van der Waals surface area (Å²) in [7, 11) is 7.77. The van der Waals surface area contributed by atoms with Crippen molar-refractivity contribution in [2.24, 2.45) is 5.73 Å². The van der Waals surface area contributed by atoms with Crippen LogP contribution < -0.4 is 10.5 Å². The number of hydrogen-bond donors (Lipinski definition) is 4. The number of carbonyl (C=O) groups excluding carboxylic acids is 2. The van der Waals surface area contributed by atoms with Crippen molar-refractivity contribution < 1.29 is 54.5 Å². The predicted octanol–water partition coefficient (Wildman–Crippen LogP) is 12.4. The molecule has 1 aromatic heterocycles. The van der Waals surface area contributed by atoms with E-state index in [1.807, 2.05) is 115 Å². The number of fused-ring (bicyclic) bond motifs is 4. The molecule has 0 radical (unpaired) electrons. The van der Waals surface area contributed by atoms with Gasteiger partial charge >= 0.3 is 44.2 Å². The molecule has 0 spiro atoms. The predicted molar refractivity (Wildman–Crippen MR) is 347 cm³/mol. The van der Waals surface area contributed by atoms with Gasteiger partial charge in [0.1, 0.15) is 23.0 Å². The maximum atomic E-state index is 12.5. The zero-order valence-electron chi connectivity index (χ0n) is 46.0. The minimum Gasteiger partial charge on any atom is -0.457 e. The first-order valence-corrected chi connectivity index (χ1v) is 31.7. The van der Waals surface area contributed by atoms with E-state index in [2.05, 4.69) is 41.3 Å². The van der Waals surface area contributed by atoms with Gasteiger partial charge in [0.05, 0.1) is 38.0 Å². The number of nitrogens with two attached hydrogens (primary N) is 1. The summed E-state index contributed by atoms with van der Waals surface area (Å²) in [5.41, 5.74) is 12.4. The van der Waals surface area contributed by atoms with E-state index in [1.54, 1.807) is 71.7 Å². The largest absolute Gasteiger partial charge is 0.514 e. The van der Waals surface area contributed by atoms with E-state index >= 15 is 0 Å². The Balaban J connectivity index is 0.000000410. The number of nitro groups is 1. The number of carbonyl (C=O) groups is 2. The average molecular weight is 1340 g/mol. The van der Waals surface area contributed by atoms with Gasteiger partial charge in [-0.1, -0.05) is 142 Å². The molecule has 0 saturated heterocycles. The van der Waals surface area contributed by atoms with Crippen LogP contribution in [0, 0.1) is 33.8 Å². The van der Waals surface area contributed by atoms with Crippen LogP contribution in [0.5, 0.6) is 5.75 Å². The summed E-state index contributed by atoms with van der Waals surface area (Å²) in [4.78, 5) is 39.2. The summed E-state index contributed by atoms with van der Waals surface area (Å²) in [5, 5.41) is 29.7. The Bertz CT molecular complexity index is 2940. The Hall–Kier alpha value is -5.06. The molecule has 0 bridgehead atoms. The van der Waals surface area contributed by atoms with Crippen LogP contribution >= 0.6 is 90.6 Å². The van der Waals surface area contributed by atoms with E-state index in [4.69, 9.17) is 45.7 Å². The number of non-ortho nitro benzene ring substituents is 1. The Kier molecular flexibility index (Phi) is 39.4. The van der Waals surface area contributed by atoms with Crippen molar-refractivity contribution in [1.29, 1.82) is 0 Å². The molecular weight excluding hydrogens is 1280 g/mol. The molecule has 2 aliphatic carbocycles. The quantitative estimate of drug-likeness (QED) is 0.00474. The zero-order valence-corrected chi connectivity index (χ0v) is 52.1. The fourth-order valence-electron chi connectivity index (χ4n) is 7.07. The van der Waals surface area contributed by atoms with Gasteiger partial charge in [-0.3, -0.25) is 14.9 Å². The first-order valence-electron chi connectivity index (χ1n) is 26.0. The van der Waals surface area contributed by atoms with Gasteiger partial charge in [-0.25, -0.2) is 9.78 Å². The molecular formula is C59H66BClIN3O12S5. The summed E-state index contributed by atoms with van der Waals surface area (Å²) in [5.74, 6) is 15.9. The van der Waals surface area contributed by atoms with Gasteiger partial charge in [-0.2, -0.15) is 12.6 Å². The Morgan fingerprint density at radius 3 is 1.76 bits per heavy atom. The van der Waals surface area contributed by atoms with Crippen molar-refractivity contribution in [3.63, 3.8) is 0 Å². The Labute approximate surface area is 523 Å². The number of benzene rings is 5. The molecule has 436 valence electrons. The van der Waals surface area contributed by atoms with E-state index in [-0.39, 0.29) is 49.1 Å². The molecule has 2 atom stereocenters. The second-order valence-electron chi connectivity index (χ2n) is 16.2. The number of nitrogens with zero attached hydrogens (tertiary/aromatic N) is 2. The molecule has 8 rings (SSSR count). The Morgan fingerprint density at radius 1 is 0.720 bits per heavy atom. The number of esters is 1. The summed E-state index contributed by atoms with van der Waals surface area (Å²) < 4.78 is 41.8. The number of rotatable bonds is 22. The van der Waals surface area contributed by atoms with Crippen molar-refractivity contribution in [2.75, 3.05) is 69.2 Å². The van der Waals surface area contributed by atoms with E-state index in [1.165, 1.54) is 31.7 Å². The van der Waals surface area contributed by atoms with Crippen molar-refractivity contribution in [2.45, 2.75) is 50.3 Å². The third-order valence-electron chi connectivity index (χ3n) is 10.6. The number of aliphatic hydroxyl groups excluding tert-OH is 2. The number of aromatic nitrogens is 1. The maximum Gasteiger partial charge on any atom is 0.514 e. The van der Waals surface area contributed by atoms with E-state index in [9.17, 15) is 19.7 Å². The second kappa shape index (κ2) is 45.4. The summed E-state index contributed by atoms with van der Waals surface area (Å²) in [6.45, 7) is 3.57. The van der Waals surface area contributed by atoms with Crippen LogP contribution in [0.25, 0.3) is 0 Å². The van der Waals surface area contributed by atoms with Crippen LogP contribution in [0.1, 0.15) is 78.3 Å². The van der Waals surface area contributed by atoms with Crippen molar-refractivity contribution in [1.82, 2.24) is 4.98 Å². The molecule has 1 heterocycles. The van der Waals surface area contributed by atoms with E-state index in [0.717, 1.165) is 77.6 Å². The van der Waals surface area contributed by atoms with Crippen molar-refractivity contribution >= 4 is 113 Å². The van der Waals surface area contributed by atoms with Crippen LogP contribution in [0.3, 0.4) is 0 Å². The van der Waals surface area contributed by atoms with Gasteiger partial charge in [0.25, 0.3) is 5.69 Å². The first-order chi connectivity index (χ1) is 40.1. The van der Waals surface area contributed by atoms with Crippen LogP contribution in [0.2, 0.25) is 0 Å². The number of pyridine rings is 1. The van der Waals surface area contributed by atoms with E-state index < -0.39 is 17.2 Å². The average Bonchev–Trinajstić information content (AvgIpc) is 3.63. The normalized spacial score (nSPS) is 12.6. The molecule has 0 amide bonds. The zero-order chi connectivity index (χ0) is 59.4. The van der Waals surface area contributed by atoms with Gasteiger partial charge in [0, 0.05) is 109 Å². The number of aliphatic hydroxyl groups is 2. The molecule has 5 aromatic carbocycles. The van der Waals surface area contributed by atoms with Crippen molar-refractivity contribution in [3.05, 3.63) is 200 Å². The first kappa shape index (κ1) is 71.2. The third-order valence-corrected chi connectivity index (χ3v) is 15.4. The topological polar surface area (TPSA) is 220 Å². The van der Waals surface area contributed by atoms with E-state index in [0.29, 0.717) is 58.7 Å². The summed E-state index contributed by atoms with van der Waals surface area (Å²) >= 11 is 5.54. The third kappa shape index (κ3) is 29.0. The number of halogens is 2. The van der Waals surface area contributed by atoms with Gasteiger partial charge in [0.15, 0.2) is 0 Å². The fraction of sp³-hybridized carbons (Fsp3) is 0.305. The van der Waals surface area contributed by atoms with Crippen LogP contribution in [0.15, 0.2) is 151 Å². The molecule has 2 aliphatic rings. The minimum absolute atomic E-state index is 0. The van der Waals surface area contributed by atoms with Crippen LogP contribution in [-0.4, -0.2) is 106 Å². The van der Waals surface area contributed by atoms with Crippen LogP contribution in [0.4, 0.5) is 10.5 Å². The second-order valence-corrected chi connectivity index (χ2v) is 22.3. The minimum atomic E-state index is -0.885. The fourth-order valence-corrected chi connectivity index (χ4v) is 10.5. The van der Waals surface area contributed by atoms with Gasteiger partial charge in [-0.15, -0.1) is 12.4 Å². The molecule has 23 heteroatoms. The molecule has 15 nitrogen and oxygen atoms in total. The summed E-state index contributed by atoms with van der Waals surface area (Å²) in [6.07, 6.45) is 2.00. The van der Waals surface area contributed by atoms with Crippen molar-refractivity contribution in [3.8, 4) is 29.4 Å².